The lowest BCUT2D eigenvalue weighted by Crippen LogP contribution is -2.39. The highest BCUT2D eigenvalue weighted by atomic mass is 32.2. The Morgan fingerprint density at radius 2 is 2.00 bits per heavy atom. The van der Waals surface area contributed by atoms with E-state index < -0.39 is 14.9 Å². The predicted molar refractivity (Wildman–Crippen MR) is 76.4 cm³/mol. The highest BCUT2D eigenvalue weighted by molar-refractivity contribution is 7.89. The Labute approximate surface area is 123 Å². The number of nitrogens with one attached hydrogen (secondary N) is 1. The van der Waals surface area contributed by atoms with Crippen LogP contribution < -0.4 is 5.32 Å². The average molecular weight is 311 g/mol. The van der Waals surface area contributed by atoms with Crippen molar-refractivity contribution in [1.82, 2.24) is 9.62 Å². The fourth-order valence-corrected chi connectivity index (χ4v) is 4.58. The molecule has 3 rings (SSSR count). The molecular formula is C13H17N3O4S. The molecule has 21 heavy (non-hydrogen) atoms. The molecule has 0 radical (unpaired) electrons. The molecule has 2 unspecified atom stereocenters. The van der Waals surface area contributed by atoms with Crippen LogP contribution in [0.5, 0.6) is 0 Å². The zero-order valence-electron chi connectivity index (χ0n) is 11.4. The van der Waals surface area contributed by atoms with E-state index in [4.69, 9.17) is 0 Å². The molecule has 2 fully saturated rings. The second-order valence-corrected chi connectivity index (χ2v) is 7.48. The maximum Gasteiger partial charge on any atom is 0.270 e. The van der Waals surface area contributed by atoms with Gasteiger partial charge in [0.15, 0.2) is 0 Å². The van der Waals surface area contributed by atoms with Crippen LogP contribution in [0.2, 0.25) is 0 Å². The molecule has 7 nitrogen and oxygen atoms in total. The van der Waals surface area contributed by atoms with E-state index in [1.54, 1.807) is 0 Å². The number of hydrogen-bond donors (Lipinski definition) is 1. The Balaban J connectivity index is 1.89. The zero-order chi connectivity index (χ0) is 15.0. The van der Waals surface area contributed by atoms with Gasteiger partial charge in [0.1, 0.15) is 0 Å². The van der Waals surface area contributed by atoms with E-state index in [1.165, 1.54) is 22.5 Å². The number of hydrogen-bond acceptors (Lipinski definition) is 5. The lowest BCUT2D eigenvalue weighted by molar-refractivity contribution is -0.385. The number of nitro benzene ring substituents is 1. The molecule has 1 aromatic rings. The molecule has 2 saturated heterocycles. The van der Waals surface area contributed by atoms with Gasteiger partial charge in [0.25, 0.3) is 5.69 Å². The van der Waals surface area contributed by atoms with E-state index in [9.17, 15) is 18.5 Å². The van der Waals surface area contributed by atoms with Crippen molar-refractivity contribution in [3.8, 4) is 0 Å². The van der Waals surface area contributed by atoms with E-state index in [0.717, 1.165) is 25.3 Å². The molecule has 0 amide bonds. The maximum absolute atomic E-state index is 12.7. The van der Waals surface area contributed by atoms with Crippen molar-refractivity contribution in [1.29, 1.82) is 0 Å². The minimum absolute atomic E-state index is 0.00512. The van der Waals surface area contributed by atoms with Crippen LogP contribution in [0.25, 0.3) is 0 Å². The Bertz CT molecular complexity index is 661. The number of sulfonamides is 1. The predicted octanol–water partition coefficient (Wildman–Crippen LogP) is 1.11. The number of non-ortho nitro benzene ring substituents is 1. The zero-order valence-corrected chi connectivity index (χ0v) is 12.3. The highest BCUT2D eigenvalue weighted by Crippen LogP contribution is 2.26. The van der Waals surface area contributed by atoms with Gasteiger partial charge in [-0.15, -0.1) is 0 Å². The average Bonchev–Trinajstić information content (AvgIpc) is 2.77. The van der Waals surface area contributed by atoms with Crippen LogP contribution in [0.15, 0.2) is 29.2 Å². The van der Waals surface area contributed by atoms with Crippen molar-refractivity contribution in [3.63, 3.8) is 0 Å². The first-order chi connectivity index (χ1) is 9.96. The summed E-state index contributed by atoms with van der Waals surface area (Å²) < 4.78 is 26.8. The number of fused-ring (bicyclic) bond motifs is 2. The molecule has 1 N–H and O–H groups in total. The number of nitro groups is 1. The second-order valence-electron chi connectivity index (χ2n) is 5.54. The quantitative estimate of drug-likeness (QED) is 0.667. The van der Waals surface area contributed by atoms with Crippen LogP contribution in [-0.2, 0) is 10.0 Å². The largest absolute Gasteiger partial charge is 0.310 e. The summed E-state index contributed by atoms with van der Waals surface area (Å²) in [6.45, 7) is 0.890. The molecule has 1 aromatic carbocycles. The van der Waals surface area contributed by atoms with Crippen molar-refractivity contribution < 1.29 is 13.3 Å². The van der Waals surface area contributed by atoms with E-state index >= 15 is 0 Å². The normalized spacial score (nSPS) is 26.5. The summed E-state index contributed by atoms with van der Waals surface area (Å²) in [5, 5.41) is 14.2. The minimum Gasteiger partial charge on any atom is -0.310 e. The fourth-order valence-electron chi connectivity index (χ4n) is 3.04. The summed E-state index contributed by atoms with van der Waals surface area (Å²) in [4.78, 5) is 10.2. The molecule has 2 heterocycles. The van der Waals surface area contributed by atoms with Gasteiger partial charge in [-0.25, -0.2) is 8.42 Å². The molecule has 2 atom stereocenters. The summed E-state index contributed by atoms with van der Waals surface area (Å²) in [7, 11) is -3.67. The molecular weight excluding hydrogens is 294 g/mol. The summed E-state index contributed by atoms with van der Waals surface area (Å²) in [6, 6.07) is 5.83. The third kappa shape index (κ3) is 2.78. The van der Waals surface area contributed by atoms with Crippen LogP contribution in [0.3, 0.4) is 0 Å². The second kappa shape index (κ2) is 5.36. The third-order valence-electron chi connectivity index (χ3n) is 4.15. The van der Waals surface area contributed by atoms with Crippen molar-refractivity contribution >= 4 is 15.7 Å². The molecule has 2 aliphatic heterocycles. The molecule has 2 aliphatic rings. The van der Waals surface area contributed by atoms with Crippen LogP contribution in [0.4, 0.5) is 5.69 Å². The lowest BCUT2D eigenvalue weighted by Gasteiger charge is -2.23. The summed E-state index contributed by atoms with van der Waals surface area (Å²) in [5.74, 6) is 0. The summed E-state index contributed by atoms with van der Waals surface area (Å²) in [6.07, 6.45) is 2.85. The maximum atomic E-state index is 12.7. The smallest absolute Gasteiger partial charge is 0.270 e. The van der Waals surface area contributed by atoms with Crippen molar-refractivity contribution in [3.05, 3.63) is 34.4 Å². The van der Waals surface area contributed by atoms with Crippen molar-refractivity contribution in [2.75, 3.05) is 13.1 Å². The fraction of sp³-hybridized carbons (Fsp3) is 0.538. The van der Waals surface area contributed by atoms with Crippen LogP contribution in [0.1, 0.15) is 19.3 Å². The standard InChI is InChI=1S/C13H17N3O4S/c17-16(18)12-2-1-3-13(8-12)21(19,20)15-7-6-10-4-5-11(9-15)14-10/h1-3,8,10-11,14H,4-7,9H2. The first-order valence-corrected chi connectivity index (χ1v) is 8.41. The Hall–Kier alpha value is -1.51. The minimum atomic E-state index is -3.67. The van der Waals surface area contributed by atoms with E-state index in [2.05, 4.69) is 5.32 Å². The third-order valence-corrected chi connectivity index (χ3v) is 6.01. The molecule has 0 saturated carbocycles. The van der Waals surface area contributed by atoms with Gasteiger partial charge in [0.05, 0.1) is 9.82 Å². The van der Waals surface area contributed by atoms with Gasteiger partial charge < -0.3 is 5.32 Å². The topological polar surface area (TPSA) is 92.5 Å². The SMILES string of the molecule is O=[N+]([O-])c1cccc(S(=O)(=O)N2CCC3CCC(C2)N3)c1. The van der Waals surface area contributed by atoms with E-state index in [0.29, 0.717) is 19.1 Å². The van der Waals surface area contributed by atoms with E-state index in [-0.39, 0.29) is 16.6 Å². The Kier molecular flexibility index (Phi) is 3.68. The first-order valence-electron chi connectivity index (χ1n) is 6.97. The van der Waals surface area contributed by atoms with Gasteiger partial charge >= 0.3 is 0 Å². The Morgan fingerprint density at radius 1 is 1.24 bits per heavy atom. The van der Waals surface area contributed by atoms with Crippen LogP contribution in [-0.4, -0.2) is 42.8 Å². The molecule has 114 valence electrons. The number of nitrogens with zero attached hydrogens (tertiary/aromatic N) is 2. The van der Waals surface area contributed by atoms with Crippen LogP contribution in [0, 0.1) is 10.1 Å². The number of benzene rings is 1. The van der Waals surface area contributed by atoms with Gasteiger partial charge in [0.2, 0.25) is 10.0 Å². The molecule has 0 aromatic heterocycles. The Morgan fingerprint density at radius 3 is 2.76 bits per heavy atom. The van der Waals surface area contributed by atoms with Gasteiger partial charge in [-0.2, -0.15) is 4.31 Å². The monoisotopic (exact) mass is 311 g/mol. The lowest BCUT2D eigenvalue weighted by atomic mass is 10.1. The summed E-state index contributed by atoms with van der Waals surface area (Å²) >= 11 is 0. The van der Waals surface area contributed by atoms with Crippen molar-refractivity contribution in [2.24, 2.45) is 0 Å². The van der Waals surface area contributed by atoms with Crippen molar-refractivity contribution in [2.45, 2.75) is 36.2 Å². The first kappa shape index (κ1) is 14.4. The van der Waals surface area contributed by atoms with Gasteiger partial charge in [-0.05, 0) is 25.3 Å². The molecule has 2 bridgehead atoms. The highest BCUT2D eigenvalue weighted by Gasteiger charge is 2.35. The van der Waals surface area contributed by atoms with Gasteiger partial charge in [0, 0.05) is 37.3 Å². The van der Waals surface area contributed by atoms with Crippen LogP contribution >= 0.6 is 0 Å². The van der Waals surface area contributed by atoms with Gasteiger partial charge in [-0.3, -0.25) is 10.1 Å². The van der Waals surface area contributed by atoms with E-state index in [1.807, 2.05) is 0 Å². The molecule has 0 aliphatic carbocycles. The summed E-state index contributed by atoms with van der Waals surface area (Å²) in [5.41, 5.74) is -0.203. The van der Waals surface area contributed by atoms with Gasteiger partial charge in [-0.1, -0.05) is 6.07 Å². The molecule has 0 spiro atoms. The number of rotatable bonds is 3. The molecule has 8 heteroatoms.